The molecule has 0 saturated carbocycles. The lowest BCUT2D eigenvalue weighted by Gasteiger charge is -2.23. The molecule has 1 atom stereocenters. The summed E-state index contributed by atoms with van der Waals surface area (Å²) in [6.45, 7) is 0. The lowest BCUT2D eigenvalue weighted by Crippen LogP contribution is -2.21. The maximum absolute atomic E-state index is 11.2. The van der Waals surface area contributed by atoms with Crippen LogP contribution in [0.2, 0.25) is 0 Å². The second-order valence-corrected chi connectivity index (χ2v) is 8.54. The number of aryl methyl sites for hydroxylation is 1. The third-order valence-electron chi connectivity index (χ3n) is 3.65. The summed E-state index contributed by atoms with van der Waals surface area (Å²) in [7, 11) is 0. The van der Waals surface area contributed by atoms with Crippen molar-refractivity contribution >= 4 is 56.8 Å². The summed E-state index contributed by atoms with van der Waals surface area (Å²) >= 11 is 4.50. The van der Waals surface area contributed by atoms with Crippen molar-refractivity contribution in [2.45, 2.75) is 31.1 Å². The van der Waals surface area contributed by atoms with Gasteiger partial charge in [0, 0.05) is 10.4 Å². The Morgan fingerprint density at radius 3 is 2.70 bits per heavy atom. The largest absolute Gasteiger partial charge is 0.369 e. The van der Waals surface area contributed by atoms with E-state index in [1.165, 1.54) is 52.4 Å². The van der Waals surface area contributed by atoms with Crippen LogP contribution in [0.1, 0.15) is 34.2 Å². The number of aliphatic imine (C=N–C) groups is 1. The van der Waals surface area contributed by atoms with Gasteiger partial charge in [0.25, 0.3) is 0 Å². The summed E-state index contributed by atoms with van der Waals surface area (Å²) in [5.41, 5.74) is 13.1. The van der Waals surface area contributed by atoms with Gasteiger partial charge in [0.05, 0.1) is 11.5 Å². The molecule has 0 radical (unpaired) electrons. The quantitative estimate of drug-likeness (QED) is 0.732. The Bertz CT molecular complexity index is 671. The first-order valence-corrected chi connectivity index (χ1v) is 10.2. The van der Waals surface area contributed by atoms with E-state index in [0.29, 0.717) is 5.17 Å². The molecule has 2 heterocycles. The zero-order valence-corrected chi connectivity index (χ0v) is 14.9. The van der Waals surface area contributed by atoms with Crippen molar-refractivity contribution in [2.75, 3.05) is 16.8 Å². The summed E-state index contributed by atoms with van der Waals surface area (Å²) in [6, 6.07) is 0. The lowest BCUT2D eigenvalue weighted by molar-refractivity contribution is -0.116. The molecule has 124 valence electrons. The standard InChI is InChI=1S/C14H18N4O2S3/c15-9(19)5-21-12-11-7-3-1-2-4-8(7)23-13(11)18-14(17-12)22-6-10(16)20/h12H,1-6H2,(H2,15,19)(H2,16,20)(H,17,18). The smallest absolute Gasteiger partial charge is 0.227 e. The van der Waals surface area contributed by atoms with Crippen LogP contribution in [0.3, 0.4) is 0 Å². The molecule has 5 N–H and O–H groups in total. The lowest BCUT2D eigenvalue weighted by atomic mass is 9.95. The number of rotatable bonds is 5. The summed E-state index contributed by atoms with van der Waals surface area (Å²) in [5, 5.41) is 4.94. The highest BCUT2D eigenvalue weighted by molar-refractivity contribution is 8.14. The number of amidine groups is 1. The topological polar surface area (TPSA) is 111 Å². The van der Waals surface area contributed by atoms with Crippen LogP contribution in [0.4, 0.5) is 5.00 Å². The first-order chi connectivity index (χ1) is 11.0. The number of fused-ring (bicyclic) bond motifs is 3. The number of nitrogens with one attached hydrogen (secondary N) is 1. The van der Waals surface area contributed by atoms with Crippen molar-refractivity contribution in [2.24, 2.45) is 16.5 Å². The van der Waals surface area contributed by atoms with Crippen molar-refractivity contribution in [1.29, 1.82) is 0 Å². The van der Waals surface area contributed by atoms with E-state index in [1.807, 2.05) is 0 Å². The summed E-state index contributed by atoms with van der Waals surface area (Å²) in [6.07, 6.45) is 4.58. The third-order valence-corrected chi connectivity index (χ3v) is 6.89. The predicted molar refractivity (Wildman–Crippen MR) is 98.1 cm³/mol. The number of nitrogens with two attached hydrogens (primary N) is 2. The van der Waals surface area contributed by atoms with Gasteiger partial charge in [-0.15, -0.1) is 23.1 Å². The molecule has 6 nitrogen and oxygen atoms in total. The van der Waals surface area contributed by atoms with Gasteiger partial charge >= 0.3 is 0 Å². The van der Waals surface area contributed by atoms with E-state index in [1.54, 1.807) is 11.3 Å². The second-order valence-electron chi connectivity index (χ2n) is 5.40. The van der Waals surface area contributed by atoms with Crippen molar-refractivity contribution in [3.63, 3.8) is 0 Å². The van der Waals surface area contributed by atoms with Gasteiger partial charge in [-0.2, -0.15) is 0 Å². The van der Waals surface area contributed by atoms with Gasteiger partial charge in [-0.25, -0.2) is 4.99 Å². The molecule has 2 aliphatic rings. The van der Waals surface area contributed by atoms with Crippen LogP contribution >= 0.6 is 34.9 Å². The van der Waals surface area contributed by atoms with Crippen LogP contribution in [-0.2, 0) is 22.4 Å². The zero-order chi connectivity index (χ0) is 16.4. The van der Waals surface area contributed by atoms with E-state index in [2.05, 4.69) is 10.3 Å². The molecule has 1 aliphatic heterocycles. The fourth-order valence-corrected chi connectivity index (χ4v) is 5.83. The number of carbonyl (C=O) groups is 2. The van der Waals surface area contributed by atoms with Crippen LogP contribution in [-0.4, -0.2) is 28.5 Å². The van der Waals surface area contributed by atoms with E-state index < -0.39 is 0 Å². The Labute approximate surface area is 146 Å². The van der Waals surface area contributed by atoms with E-state index in [4.69, 9.17) is 11.5 Å². The number of thioether (sulfide) groups is 2. The number of amides is 2. The maximum Gasteiger partial charge on any atom is 0.227 e. The third kappa shape index (κ3) is 3.84. The Hall–Kier alpha value is -1.19. The highest BCUT2D eigenvalue weighted by atomic mass is 32.2. The van der Waals surface area contributed by atoms with E-state index in [0.717, 1.165) is 17.8 Å². The van der Waals surface area contributed by atoms with Crippen LogP contribution in [0.5, 0.6) is 0 Å². The Morgan fingerprint density at radius 1 is 1.22 bits per heavy atom. The van der Waals surface area contributed by atoms with Crippen LogP contribution in [0.25, 0.3) is 0 Å². The Balaban J connectivity index is 1.87. The average molecular weight is 371 g/mol. The second kappa shape index (κ2) is 7.14. The number of carbonyl (C=O) groups excluding carboxylic acids is 2. The van der Waals surface area contributed by atoms with Crippen LogP contribution in [0, 0.1) is 0 Å². The number of primary amides is 2. The van der Waals surface area contributed by atoms with Gasteiger partial charge in [-0.05, 0) is 31.2 Å². The van der Waals surface area contributed by atoms with E-state index in [9.17, 15) is 9.59 Å². The van der Waals surface area contributed by atoms with Crippen molar-refractivity contribution in [3.05, 3.63) is 16.0 Å². The number of anilines is 1. The van der Waals surface area contributed by atoms with Gasteiger partial charge in [0.15, 0.2) is 5.17 Å². The molecule has 0 bridgehead atoms. The number of nitrogens with zero attached hydrogens (tertiary/aromatic N) is 1. The molecule has 9 heteroatoms. The minimum Gasteiger partial charge on any atom is -0.369 e. The molecule has 1 aromatic heterocycles. The molecule has 1 unspecified atom stereocenters. The molecule has 1 aliphatic carbocycles. The summed E-state index contributed by atoms with van der Waals surface area (Å²) in [4.78, 5) is 28.2. The maximum atomic E-state index is 11.2. The number of hydrogen-bond acceptors (Lipinski definition) is 7. The Kier molecular flexibility index (Phi) is 5.17. The van der Waals surface area contributed by atoms with Gasteiger partial charge < -0.3 is 16.8 Å². The molecular weight excluding hydrogens is 352 g/mol. The molecule has 3 rings (SSSR count). The normalized spacial score (nSPS) is 19.3. The molecule has 0 aromatic carbocycles. The van der Waals surface area contributed by atoms with Crippen molar-refractivity contribution in [3.8, 4) is 0 Å². The first-order valence-electron chi connectivity index (χ1n) is 7.35. The molecule has 0 fully saturated rings. The minimum atomic E-state index is -0.378. The fraction of sp³-hybridized carbons (Fsp3) is 0.500. The summed E-state index contributed by atoms with van der Waals surface area (Å²) < 4.78 is 0. The zero-order valence-electron chi connectivity index (χ0n) is 12.5. The highest BCUT2D eigenvalue weighted by Gasteiger charge is 2.30. The molecule has 1 aromatic rings. The monoisotopic (exact) mass is 370 g/mol. The number of thiophene rings is 1. The van der Waals surface area contributed by atoms with E-state index >= 15 is 0 Å². The summed E-state index contributed by atoms with van der Waals surface area (Å²) in [5.74, 6) is -0.316. The molecule has 2 amide bonds. The fourth-order valence-electron chi connectivity index (χ4n) is 2.74. The molecular formula is C14H18N4O2S3. The van der Waals surface area contributed by atoms with Gasteiger partial charge in [0.2, 0.25) is 11.8 Å². The van der Waals surface area contributed by atoms with Gasteiger partial charge in [0.1, 0.15) is 10.4 Å². The highest BCUT2D eigenvalue weighted by Crippen LogP contribution is 2.48. The average Bonchev–Trinajstić information content (AvgIpc) is 2.89. The van der Waals surface area contributed by atoms with Crippen LogP contribution in [0.15, 0.2) is 4.99 Å². The number of hydrogen-bond donors (Lipinski definition) is 3. The minimum absolute atomic E-state index is 0.146. The predicted octanol–water partition coefficient (Wildman–Crippen LogP) is 1.84. The van der Waals surface area contributed by atoms with E-state index in [-0.39, 0.29) is 28.7 Å². The van der Waals surface area contributed by atoms with Gasteiger partial charge in [-0.1, -0.05) is 11.8 Å². The van der Waals surface area contributed by atoms with Crippen LogP contribution < -0.4 is 16.8 Å². The molecule has 23 heavy (non-hydrogen) atoms. The van der Waals surface area contributed by atoms with Crippen molar-refractivity contribution in [1.82, 2.24) is 0 Å². The van der Waals surface area contributed by atoms with Gasteiger partial charge in [-0.3, -0.25) is 9.59 Å². The Morgan fingerprint density at radius 2 is 1.96 bits per heavy atom. The molecule has 0 saturated heterocycles. The van der Waals surface area contributed by atoms with Crippen molar-refractivity contribution < 1.29 is 9.59 Å². The molecule has 0 spiro atoms. The SMILES string of the molecule is NC(=O)CSC1=NC(SCC(N)=O)c2c(sc3c2CCCC3)N1. The first kappa shape index (κ1) is 16.7.